The second kappa shape index (κ2) is 8.06. The molecule has 0 aliphatic heterocycles. The summed E-state index contributed by atoms with van der Waals surface area (Å²) in [4.78, 5) is 0. The molecule has 5 rings (SSSR count). The number of hydrogen-bond donors (Lipinski definition) is 0. The maximum atomic E-state index is 7.18. The molecule has 0 saturated heterocycles. The predicted molar refractivity (Wildman–Crippen MR) is 152 cm³/mol. The van der Waals surface area contributed by atoms with E-state index >= 15 is 0 Å². The van der Waals surface area contributed by atoms with Gasteiger partial charge in [0.15, 0.2) is 8.32 Å². The summed E-state index contributed by atoms with van der Waals surface area (Å²) in [5.74, 6) is 4.77. The van der Waals surface area contributed by atoms with Crippen molar-refractivity contribution in [3.8, 4) is 0 Å². The lowest BCUT2D eigenvalue weighted by Gasteiger charge is -2.61. The third kappa shape index (κ3) is 3.83. The van der Waals surface area contributed by atoms with Crippen molar-refractivity contribution in [2.75, 3.05) is 0 Å². The fourth-order valence-corrected chi connectivity index (χ4v) is 13.5. The van der Waals surface area contributed by atoms with Crippen LogP contribution in [0.15, 0.2) is 10.8 Å². The van der Waals surface area contributed by atoms with Gasteiger partial charge in [-0.3, -0.25) is 0 Å². The number of hydrogen-bond acceptors (Lipinski definition) is 1. The summed E-state index contributed by atoms with van der Waals surface area (Å²) in [6, 6.07) is 0. The van der Waals surface area contributed by atoms with Crippen LogP contribution >= 0.6 is 0 Å². The van der Waals surface area contributed by atoms with Crippen molar-refractivity contribution in [3.05, 3.63) is 10.8 Å². The zero-order valence-corrected chi connectivity index (χ0v) is 26.4. The summed E-state index contributed by atoms with van der Waals surface area (Å²) in [5.41, 5.74) is 3.02. The van der Waals surface area contributed by atoms with Crippen LogP contribution in [0.3, 0.4) is 0 Å². The summed E-state index contributed by atoms with van der Waals surface area (Å²) < 4.78 is 7.18. The molecular formula is C31H56OSi2. The van der Waals surface area contributed by atoms with E-state index in [4.69, 9.17) is 4.43 Å². The number of fused-ring (bicyclic) bond motifs is 6. The van der Waals surface area contributed by atoms with Crippen LogP contribution in [-0.2, 0) is 4.43 Å². The summed E-state index contributed by atoms with van der Waals surface area (Å²) in [7, 11) is -2.87. The van der Waals surface area contributed by atoms with Gasteiger partial charge in [-0.25, -0.2) is 0 Å². The van der Waals surface area contributed by atoms with Gasteiger partial charge in [0.1, 0.15) is 0 Å². The molecule has 0 N–H and O–H groups in total. The molecule has 5 aliphatic rings. The molecule has 8 atom stereocenters. The maximum absolute atomic E-state index is 7.18. The van der Waals surface area contributed by atoms with Gasteiger partial charge in [-0.1, -0.05) is 65.0 Å². The van der Waals surface area contributed by atoms with Crippen molar-refractivity contribution < 1.29 is 4.43 Å². The first kappa shape index (κ1) is 25.8. The molecule has 4 saturated carbocycles. The largest absolute Gasteiger partial charge is 0.413 e. The molecule has 0 spiro atoms. The number of rotatable bonds is 3. The lowest BCUT2D eigenvalue weighted by Crippen LogP contribution is -2.55. The van der Waals surface area contributed by atoms with E-state index in [9.17, 15) is 0 Å². The molecule has 0 aromatic heterocycles. The van der Waals surface area contributed by atoms with Gasteiger partial charge in [0, 0.05) is 0 Å². The first-order valence-electron chi connectivity index (χ1n) is 15.0. The minimum atomic E-state index is -1.72. The van der Waals surface area contributed by atoms with E-state index in [1.54, 1.807) is 0 Å². The Labute approximate surface area is 214 Å². The molecule has 5 aliphatic carbocycles. The molecule has 0 bridgehead atoms. The molecule has 0 radical (unpaired) electrons. The lowest BCUT2D eigenvalue weighted by atomic mass is 9.44. The van der Waals surface area contributed by atoms with E-state index in [1.807, 2.05) is 10.8 Å². The summed E-state index contributed by atoms with van der Waals surface area (Å²) in [6.45, 7) is 25.4. The van der Waals surface area contributed by atoms with Crippen LogP contribution in [0.25, 0.3) is 0 Å². The van der Waals surface area contributed by atoms with Gasteiger partial charge in [0.25, 0.3) is 0 Å². The van der Waals surface area contributed by atoms with Crippen molar-refractivity contribution in [1.82, 2.24) is 0 Å². The van der Waals surface area contributed by atoms with Gasteiger partial charge in [-0.2, -0.15) is 0 Å². The normalized spacial score (nSPS) is 45.0. The quantitative estimate of drug-likeness (QED) is 0.350. The Hall–Kier alpha value is 0.134. The monoisotopic (exact) mass is 500 g/mol. The third-order valence-corrected chi connectivity index (χ3v) is 19.8. The summed E-state index contributed by atoms with van der Waals surface area (Å²) in [5, 5.41) is 2.30. The van der Waals surface area contributed by atoms with Crippen molar-refractivity contribution in [2.45, 2.75) is 143 Å². The van der Waals surface area contributed by atoms with Gasteiger partial charge in [0.05, 0.1) is 14.2 Å². The molecule has 194 valence electrons. The van der Waals surface area contributed by atoms with Gasteiger partial charge in [-0.15, -0.1) is 0 Å². The highest BCUT2D eigenvalue weighted by molar-refractivity contribution is 6.83. The molecule has 0 aromatic rings. The van der Waals surface area contributed by atoms with E-state index in [2.05, 4.69) is 67.4 Å². The Bertz CT molecular complexity index is 844. The van der Waals surface area contributed by atoms with E-state index < -0.39 is 16.4 Å². The van der Waals surface area contributed by atoms with Crippen LogP contribution in [0, 0.1) is 40.4 Å². The molecule has 34 heavy (non-hydrogen) atoms. The van der Waals surface area contributed by atoms with Crippen LogP contribution in [0.4, 0.5) is 0 Å². The summed E-state index contributed by atoms with van der Waals surface area (Å²) in [6.07, 6.45) is 15.1. The second-order valence-electron chi connectivity index (χ2n) is 16.5. The highest BCUT2D eigenvalue weighted by atomic mass is 28.4. The Morgan fingerprint density at radius 1 is 0.824 bits per heavy atom. The van der Waals surface area contributed by atoms with Crippen LogP contribution in [0.1, 0.15) is 98.8 Å². The molecule has 4 fully saturated rings. The standard InChI is InChI=1S/C31H56OSi2/c1-29(2,3)34(9,10)32-28-16-14-25-23-13-12-22-19-24-21(11-15-27(24)33(6,7)8)20-31(22,5)26(23)17-18-30(25,28)4/h21-23,25-26,28H,11-20H2,1-10H3/t21-,22+,23-,25+,26-,28-,30-,31-/m0/s1. The van der Waals surface area contributed by atoms with Crippen LogP contribution < -0.4 is 0 Å². The van der Waals surface area contributed by atoms with E-state index in [0.717, 1.165) is 29.6 Å². The van der Waals surface area contributed by atoms with E-state index in [-0.39, 0.29) is 0 Å². The zero-order valence-electron chi connectivity index (χ0n) is 24.4. The fourth-order valence-electron chi connectivity index (χ4n) is 9.93. The second-order valence-corrected chi connectivity index (χ2v) is 26.4. The van der Waals surface area contributed by atoms with E-state index in [1.165, 1.54) is 64.2 Å². The minimum absolute atomic E-state index is 0.313. The lowest BCUT2D eigenvalue weighted by molar-refractivity contribution is -0.119. The third-order valence-electron chi connectivity index (χ3n) is 12.9. The maximum Gasteiger partial charge on any atom is 0.192 e. The Balaban J connectivity index is 1.37. The van der Waals surface area contributed by atoms with Gasteiger partial charge >= 0.3 is 0 Å². The fraction of sp³-hybridized carbons (Fsp3) is 0.935. The molecule has 3 heteroatoms. The van der Waals surface area contributed by atoms with Gasteiger partial charge < -0.3 is 4.43 Å². The SMILES string of the molecule is CC(C)(C)[Si](C)(C)O[C@H]1CC[C@@H]2[C@@H]3CC[C@@H]4CC5=C([Si](C)(C)C)CC[C@H]5C[C@]4(C)[C@H]3CC[C@]12C. The first-order valence-corrected chi connectivity index (χ1v) is 21.4. The smallest absolute Gasteiger partial charge is 0.192 e. The average molecular weight is 501 g/mol. The van der Waals surface area contributed by atoms with Crippen molar-refractivity contribution in [2.24, 2.45) is 40.4 Å². The first-order chi connectivity index (χ1) is 15.6. The Kier molecular flexibility index (Phi) is 6.11. The van der Waals surface area contributed by atoms with Gasteiger partial charge in [-0.05, 0) is 123 Å². The van der Waals surface area contributed by atoms with Crippen molar-refractivity contribution in [1.29, 1.82) is 0 Å². The molecular weight excluding hydrogens is 445 g/mol. The van der Waals surface area contributed by atoms with Crippen LogP contribution in [-0.4, -0.2) is 22.5 Å². The topological polar surface area (TPSA) is 9.23 Å². The zero-order chi connectivity index (χ0) is 24.9. The minimum Gasteiger partial charge on any atom is -0.413 e. The van der Waals surface area contributed by atoms with Crippen LogP contribution in [0.5, 0.6) is 0 Å². The molecule has 1 nitrogen and oxygen atoms in total. The highest BCUT2D eigenvalue weighted by Crippen LogP contribution is 2.69. The molecule has 0 amide bonds. The van der Waals surface area contributed by atoms with Gasteiger partial charge in [0.2, 0.25) is 0 Å². The van der Waals surface area contributed by atoms with Crippen molar-refractivity contribution in [3.63, 3.8) is 0 Å². The Morgan fingerprint density at radius 3 is 2.15 bits per heavy atom. The van der Waals surface area contributed by atoms with Crippen LogP contribution in [0.2, 0.25) is 37.8 Å². The number of allylic oxidation sites excluding steroid dienone is 2. The molecule has 0 aromatic carbocycles. The highest BCUT2D eigenvalue weighted by Gasteiger charge is 2.62. The van der Waals surface area contributed by atoms with E-state index in [0.29, 0.717) is 22.0 Å². The average Bonchev–Trinajstić information content (AvgIpc) is 3.25. The Morgan fingerprint density at radius 2 is 1.50 bits per heavy atom. The predicted octanol–water partition coefficient (Wildman–Crippen LogP) is 9.61. The molecule has 0 unspecified atom stereocenters. The molecule has 0 heterocycles. The summed E-state index contributed by atoms with van der Waals surface area (Å²) >= 11 is 0. The van der Waals surface area contributed by atoms with Crippen molar-refractivity contribution >= 4 is 16.4 Å².